The van der Waals surface area contributed by atoms with E-state index in [4.69, 9.17) is 0 Å². The van der Waals surface area contributed by atoms with E-state index in [1.807, 2.05) is 11.3 Å². The lowest BCUT2D eigenvalue weighted by molar-refractivity contribution is 0.185. The number of hydrogen-bond acceptors (Lipinski definition) is 2. The van der Waals surface area contributed by atoms with Gasteiger partial charge in [0.1, 0.15) is 0 Å². The summed E-state index contributed by atoms with van der Waals surface area (Å²) >= 11 is 1.82. The van der Waals surface area contributed by atoms with Crippen LogP contribution in [0.15, 0.2) is 16.8 Å². The molecule has 1 atom stereocenters. The van der Waals surface area contributed by atoms with Crippen molar-refractivity contribution in [3.63, 3.8) is 0 Å². The molecule has 0 spiro atoms. The fourth-order valence-electron chi connectivity index (χ4n) is 3.74. The first kappa shape index (κ1) is 16.0. The van der Waals surface area contributed by atoms with E-state index in [-0.39, 0.29) is 0 Å². The Morgan fingerprint density at radius 3 is 2.45 bits per heavy atom. The lowest BCUT2D eigenvalue weighted by Crippen LogP contribution is -2.38. The van der Waals surface area contributed by atoms with Crippen molar-refractivity contribution in [3.8, 4) is 0 Å². The van der Waals surface area contributed by atoms with E-state index in [0.717, 1.165) is 30.3 Å². The van der Waals surface area contributed by atoms with Crippen LogP contribution in [0.1, 0.15) is 58.4 Å². The van der Waals surface area contributed by atoms with Gasteiger partial charge in [-0.05, 0) is 85.2 Å². The summed E-state index contributed by atoms with van der Waals surface area (Å²) in [5, 5.41) is 8.27. The minimum atomic E-state index is 0.730. The van der Waals surface area contributed by atoms with Crippen molar-refractivity contribution in [1.82, 2.24) is 5.32 Å². The minimum Gasteiger partial charge on any atom is -0.314 e. The van der Waals surface area contributed by atoms with Crippen LogP contribution in [0, 0.1) is 17.8 Å². The molecule has 2 rings (SSSR count). The molecule has 1 unspecified atom stereocenters. The molecule has 1 heterocycles. The van der Waals surface area contributed by atoms with Crippen molar-refractivity contribution in [2.24, 2.45) is 17.8 Å². The van der Waals surface area contributed by atoms with Crippen LogP contribution < -0.4 is 5.32 Å². The predicted octanol–water partition coefficient (Wildman–Crippen LogP) is 5.12. The van der Waals surface area contributed by atoms with Crippen LogP contribution in [-0.4, -0.2) is 12.6 Å². The van der Waals surface area contributed by atoms with Gasteiger partial charge < -0.3 is 5.32 Å². The monoisotopic (exact) mass is 293 g/mol. The largest absolute Gasteiger partial charge is 0.314 e. The molecule has 0 amide bonds. The van der Waals surface area contributed by atoms with E-state index in [2.05, 4.69) is 42.9 Å². The Labute approximate surface area is 129 Å². The Hall–Kier alpha value is -0.340. The molecule has 2 heteroatoms. The van der Waals surface area contributed by atoms with E-state index >= 15 is 0 Å². The van der Waals surface area contributed by atoms with Gasteiger partial charge in [-0.1, -0.05) is 20.8 Å². The van der Waals surface area contributed by atoms with Crippen LogP contribution in [0.2, 0.25) is 0 Å². The van der Waals surface area contributed by atoms with Crippen molar-refractivity contribution in [1.29, 1.82) is 0 Å². The highest BCUT2D eigenvalue weighted by Crippen LogP contribution is 2.35. The van der Waals surface area contributed by atoms with Crippen molar-refractivity contribution in [2.45, 2.75) is 65.3 Å². The smallest absolute Gasteiger partial charge is 0.00983 e. The molecule has 20 heavy (non-hydrogen) atoms. The van der Waals surface area contributed by atoms with Gasteiger partial charge in [0, 0.05) is 6.04 Å². The lowest BCUT2D eigenvalue weighted by Gasteiger charge is -2.36. The van der Waals surface area contributed by atoms with Gasteiger partial charge in [0.15, 0.2) is 0 Å². The molecule has 0 aliphatic heterocycles. The fraction of sp³-hybridized carbons (Fsp3) is 0.778. The molecule has 1 N–H and O–H groups in total. The zero-order valence-electron chi connectivity index (χ0n) is 13.4. The molecule has 1 aromatic rings. The highest BCUT2D eigenvalue weighted by Gasteiger charge is 2.28. The van der Waals surface area contributed by atoms with Gasteiger partial charge in [0.05, 0.1) is 0 Å². The molecular formula is C18H31NS. The molecule has 0 radical (unpaired) electrons. The predicted molar refractivity (Wildman–Crippen MR) is 90.4 cm³/mol. The van der Waals surface area contributed by atoms with Gasteiger partial charge in [-0.15, -0.1) is 0 Å². The fourth-order valence-corrected chi connectivity index (χ4v) is 4.44. The number of hydrogen-bond donors (Lipinski definition) is 1. The maximum atomic E-state index is 3.76. The summed E-state index contributed by atoms with van der Waals surface area (Å²) in [5.41, 5.74) is 1.52. The highest BCUT2D eigenvalue weighted by atomic mass is 32.1. The average Bonchev–Trinajstić information content (AvgIpc) is 2.97. The molecule has 1 saturated carbocycles. The van der Waals surface area contributed by atoms with E-state index in [0.29, 0.717) is 0 Å². The number of aryl methyl sites for hydroxylation is 1. The van der Waals surface area contributed by atoms with E-state index in [9.17, 15) is 0 Å². The standard InChI is InChI=1S/C18H31NS/c1-4-19-18(10-5-15-11-12-20-13-15)17-8-6-16(7-9-17)14(2)3/h11-14,16-19H,4-10H2,1-3H3. The average molecular weight is 294 g/mol. The molecule has 0 bridgehead atoms. The van der Waals surface area contributed by atoms with Crippen molar-refractivity contribution < 1.29 is 0 Å². The second-order valence-corrected chi connectivity index (χ2v) is 7.53. The zero-order chi connectivity index (χ0) is 14.4. The van der Waals surface area contributed by atoms with E-state index in [1.54, 1.807) is 0 Å². The maximum absolute atomic E-state index is 3.76. The molecule has 1 aromatic heterocycles. The summed E-state index contributed by atoms with van der Waals surface area (Å²) in [6, 6.07) is 3.01. The minimum absolute atomic E-state index is 0.730. The number of rotatable bonds is 7. The molecule has 1 fully saturated rings. The summed E-state index contributed by atoms with van der Waals surface area (Å²) in [6.07, 6.45) is 8.31. The van der Waals surface area contributed by atoms with Crippen molar-refractivity contribution in [3.05, 3.63) is 22.4 Å². The van der Waals surface area contributed by atoms with Crippen LogP contribution in [0.25, 0.3) is 0 Å². The topological polar surface area (TPSA) is 12.0 Å². The Bertz CT molecular complexity index is 350. The number of nitrogens with one attached hydrogen (secondary N) is 1. The van der Waals surface area contributed by atoms with Gasteiger partial charge >= 0.3 is 0 Å². The molecule has 0 saturated heterocycles. The first-order valence-electron chi connectivity index (χ1n) is 8.45. The van der Waals surface area contributed by atoms with Crippen LogP contribution in [-0.2, 0) is 6.42 Å². The van der Waals surface area contributed by atoms with Crippen LogP contribution >= 0.6 is 11.3 Å². The first-order chi connectivity index (χ1) is 9.70. The summed E-state index contributed by atoms with van der Waals surface area (Å²) in [7, 11) is 0. The Kier molecular flexibility index (Phi) is 6.57. The summed E-state index contributed by atoms with van der Waals surface area (Å²) in [5.74, 6) is 2.76. The SMILES string of the molecule is CCNC(CCc1ccsc1)C1CCC(C(C)C)CC1. The van der Waals surface area contributed by atoms with Gasteiger partial charge in [-0.2, -0.15) is 11.3 Å². The number of thiophene rings is 1. The van der Waals surface area contributed by atoms with Crippen LogP contribution in [0.3, 0.4) is 0 Å². The van der Waals surface area contributed by atoms with Gasteiger partial charge in [-0.25, -0.2) is 0 Å². The summed E-state index contributed by atoms with van der Waals surface area (Å²) in [6.45, 7) is 8.14. The molecule has 1 aliphatic rings. The molecule has 114 valence electrons. The molecule has 0 aromatic carbocycles. The van der Waals surface area contributed by atoms with E-state index in [1.165, 1.54) is 44.1 Å². The second kappa shape index (κ2) is 8.19. The first-order valence-corrected chi connectivity index (χ1v) is 9.39. The third-order valence-corrected chi connectivity index (χ3v) is 5.85. The van der Waals surface area contributed by atoms with Gasteiger partial charge in [-0.3, -0.25) is 0 Å². The van der Waals surface area contributed by atoms with E-state index < -0.39 is 0 Å². The summed E-state index contributed by atoms with van der Waals surface area (Å²) < 4.78 is 0. The molecular weight excluding hydrogens is 262 g/mol. The van der Waals surface area contributed by atoms with Crippen molar-refractivity contribution >= 4 is 11.3 Å². The lowest BCUT2D eigenvalue weighted by atomic mass is 9.74. The normalized spacial score (nSPS) is 25.0. The Morgan fingerprint density at radius 1 is 1.20 bits per heavy atom. The highest BCUT2D eigenvalue weighted by molar-refractivity contribution is 7.07. The molecule has 1 nitrogen and oxygen atoms in total. The van der Waals surface area contributed by atoms with Crippen molar-refractivity contribution in [2.75, 3.05) is 6.54 Å². The van der Waals surface area contributed by atoms with Crippen LogP contribution in [0.5, 0.6) is 0 Å². The quantitative estimate of drug-likeness (QED) is 0.735. The van der Waals surface area contributed by atoms with Crippen LogP contribution in [0.4, 0.5) is 0 Å². The van der Waals surface area contributed by atoms with Gasteiger partial charge in [0.25, 0.3) is 0 Å². The summed E-state index contributed by atoms with van der Waals surface area (Å²) in [4.78, 5) is 0. The third kappa shape index (κ3) is 4.60. The second-order valence-electron chi connectivity index (χ2n) is 6.75. The third-order valence-electron chi connectivity index (χ3n) is 5.12. The van der Waals surface area contributed by atoms with Gasteiger partial charge in [0.2, 0.25) is 0 Å². The Balaban J connectivity index is 1.82. The molecule has 1 aliphatic carbocycles. The maximum Gasteiger partial charge on any atom is 0.00983 e. The Morgan fingerprint density at radius 2 is 1.90 bits per heavy atom. The zero-order valence-corrected chi connectivity index (χ0v) is 14.2.